The molecule has 0 radical (unpaired) electrons. The Morgan fingerprint density at radius 3 is 2.73 bits per heavy atom. The summed E-state index contributed by atoms with van der Waals surface area (Å²) in [7, 11) is -3.43. The van der Waals surface area contributed by atoms with Crippen molar-refractivity contribution in [3.05, 3.63) is 48.5 Å². The SMILES string of the molecule is Cc1ccc(S(=O)(=O)CCC(=O)N2CCC[C@@H](Cn3ccnc3)C2)cc1. The summed E-state index contributed by atoms with van der Waals surface area (Å²) in [5.74, 6) is 0.170. The number of imidazole rings is 1. The molecule has 3 rings (SSSR count). The standard InChI is InChI=1S/C19H25N3O3S/c1-16-4-6-18(7-5-16)26(24,25)12-8-19(23)22-10-2-3-17(14-22)13-21-11-9-20-15-21/h4-7,9,11,15,17H,2-3,8,10,12-14H2,1H3/t17-/m0/s1. The van der Waals surface area contributed by atoms with Crippen LogP contribution in [0.25, 0.3) is 0 Å². The molecule has 1 aliphatic heterocycles. The zero-order chi connectivity index (χ0) is 18.6. The number of hydrogen-bond donors (Lipinski definition) is 0. The number of sulfone groups is 1. The van der Waals surface area contributed by atoms with E-state index in [1.54, 1.807) is 36.8 Å². The molecule has 2 heterocycles. The van der Waals surface area contributed by atoms with Crippen LogP contribution in [0.5, 0.6) is 0 Å². The van der Waals surface area contributed by atoms with Crippen molar-refractivity contribution >= 4 is 15.7 Å². The van der Waals surface area contributed by atoms with E-state index >= 15 is 0 Å². The van der Waals surface area contributed by atoms with Gasteiger partial charge in [0.15, 0.2) is 9.84 Å². The molecule has 1 aromatic carbocycles. The van der Waals surface area contributed by atoms with Crippen molar-refractivity contribution in [3.8, 4) is 0 Å². The topological polar surface area (TPSA) is 72.3 Å². The van der Waals surface area contributed by atoms with E-state index in [4.69, 9.17) is 0 Å². The fraction of sp³-hybridized carbons (Fsp3) is 0.474. The summed E-state index contributed by atoms with van der Waals surface area (Å²) in [5.41, 5.74) is 1.01. The number of amides is 1. The van der Waals surface area contributed by atoms with Crippen molar-refractivity contribution in [2.75, 3.05) is 18.8 Å². The van der Waals surface area contributed by atoms with Crippen molar-refractivity contribution in [3.63, 3.8) is 0 Å². The lowest BCUT2D eigenvalue weighted by Crippen LogP contribution is -2.41. The number of carbonyl (C=O) groups is 1. The largest absolute Gasteiger partial charge is 0.342 e. The molecule has 0 aliphatic carbocycles. The predicted octanol–water partition coefficient (Wildman–Crippen LogP) is 2.29. The average molecular weight is 375 g/mol. The van der Waals surface area contributed by atoms with Crippen LogP contribution < -0.4 is 0 Å². The van der Waals surface area contributed by atoms with Crippen LogP contribution in [0.2, 0.25) is 0 Å². The number of nitrogens with zero attached hydrogens (tertiary/aromatic N) is 3. The van der Waals surface area contributed by atoms with Gasteiger partial charge in [0.05, 0.1) is 17.0 Å². The number of likely N-dealkylation sites (tertiary alicyclic amines) is 1. The van der Waals surface area contributed by atoms with Gasteiger partial charge in [-0.15, -0.1) is 0 Å². The Balaban J connectivity index is 1.54. The normalized spacial score (nSPS) is 18.0. The molecule has 140 valence electrons. The van der Waals surface area contributed by atoms with Crippen molar-refractivity contribution in [2.24, 2.45) is 5.92 Å². The fourth-order valence-corrected chi connectivity index (χ4v) is 4.61. The van der Waals surface area contributed by atoms with Gasteiger partial charge in [0.1, 0.15) is 0 Å². The van der Waals surface area contributed by atoms with Gasteiger partial charge in [0, 0.05) is 38.4 Å². The molecule has 1 fully saturated rings. The highest BCUT2D eigenvalue weighted by Gasteiger charge is 2.25. The predicted molar refractivity (Wildman–Crippen MR) is 99.4 cm³/mol. The maximum Gasteiger partial charge on any atom is 0.223 e. The molecular weight excluding hydrogens is 350 g/mol. The Kier molecular flexibility index (Phi) is 5.76. The lowest BCUT2D eigenvalue weighted by Gasteiger charge is -2.33. The summed E-state index contributed by atoms with van der Waals surface area (Å²) in [4.78, 5) is 18.7. The second kappa shape index (κ2) is 8.03. The van der Waals surface area contributed by atoms with Gasteiger partial charge >= 0.3 is 0 Å². The van der Waals surface area contributed by atoms with E-state index in [0.29, 0.717) is 19.0 Å². The minimum absolute atomic E-state index is 0.0357. The highest BCUT2D eigenvalue weighted by Crippen LogP contribution is 2.20. The molecule has 1 aliphatic rings. The van der Waals surface area contributed by atoms with E-state index < -0.39 is 9.84 Å². The van der Waals surface area contributed by atoms with Crippen molar-refractivity contribution < 1.29 is 13.2 Å². The van der Waals surface area contributed by atoms with E-state index in [1.165, 1.54) is 0 Å². The number of rotatable bonds is 6. The van der Waals surface area contributed by atoms with E-state index in [1.807, 2.05) is 22.6 Å². The number of benzene rings is 1. The molecule has 7 heteroatoms. The Morgan fingerprint density at radius 1 is 1.27 bits per heavy atom. The minimum Gasteiger partial charge on any atom is -0.342 e. The van der Waals surface area contributed by atoms with Gasteiger partial charge in [-0.3, -0.25) is 4.79 Å². The van der Waals surface area contributed by atoms with Gasteiger partial charge < -0.3 is 9.47 Å². The van der Waals surface area contributed by atoms with Gasteiger partial charge in [-0.05, 0) is 37.8 Å². The number of piperidine rings is 1. The third-order valence-corrected chi connectivity index (χ3v) is 6.60. The maximum absolute atomic E-state index is 12.5. The van der Waals surface area contributed by atoms with E-state index in [0.717, 1.165) is 24.9 Å². The molecule has 26 heavy (non-hydrogen) atoms. The van der Waals surface area contributed by atoms with Crippen LogP contribution in [0.1, 0.15) is 24.8 Å². The van der Waals surface area contributed by atoms with Gasteiger partial charge in [0.2, 0.25) is 5.91 Å². The summed E-state index contributed by atoms with van der Waals surface area (Å²) in [6.07, 6.45) is 7.53. The van der Waals surface area contributed by atoms with Gasteiger partial charge in [-0.1, -0.05) is 17.7 Å². The Labute approximate surface area is 154 Å². The van der Waals surface area contributed by atoms with Crippen LogP contribution >= 0.6 is 0 Å². The Bertz CT molecular complexity index is 829. The molecule has 0 saturated carbocycles. The highest BCUT2D eigenvalue weighted by molar-refractivity contribution is 7.91. The second-order valence-electron chi connectivity index (χ2n) is 6.99. The number of aryl methyl sites for hydroxylation is 1. The molecule has 1 atom stereocenters. The van der Waals surface area contributed by atoms with Gasteiger partial charge in [-0.2, -0.15) is 0 Å². The minimum atomic E-state index is -3.43. The van der Waals surface area contributed by atoms with Crippen LogP contribution in [0, 0.1) is 12.8 Å². The molecule has 2 aromatic rings. The average Bonchev–Trinajstić information content (AvgIpc) is 3.13. The zero-order valence-electron chi connectivity index (χ0n) is 15.0. The van der Waals surface area contributed by atoms with Crippen molar-refractivity contribution in [1.82, 2.24) is 14.5 Å². The van der Waals surface area contributed by atoms with Crippen molar-refractivity contribution in [2.45, 2.75) is 37.6 Å². The zero-order valence-corrected chi connectivity index (χ0v) is 15.9. The second-order valence-corrected chi connectivity index (χ2v) is 9.10. The van der Waals surface area contributed by atoms with Crippen LogP contribution in [0.4, 0.5) is 0 Å². The van der Waals surface area contributed by atoms with Crippen LogP contribution in [-0.2, 0) is 21.2 Å². The summed E-state index contributed by atoms with van der Waals surface area (Å²) >= 11 is 0. The first-order chi connectivity index (χ1) is 12.4. The quantitative estimate of drug-likeness (QED) is 0.777. The molecule has 1 amide bonds. The summed E-state index contributed by atoms with van der Waals surface area (Å²) < 4.78 is 26.9. The first kappa shape index (κ1) is 18.6. The monoisotopic (exact) mass is 375 g/mol. The fourth-order valence-electron chi connectivity index (χ4n) is 3.38. The summed E-state index contributed by atoms with van der Waals surface area (Å²) in [5, 5.41) is 0. The Hall–Kier alpha value is -2.15. The molecule has 1 saturated heterocycles. The third kappa shape index (κ3) is 4.72. The van der Waals surface area contributed by atoms with Crippen LogP contribution in [-0.4, -0.2) is 47.6 Å². The maximum atomic E-state index is 12.5. The van der Waals surface area contributed by atoms with E-state index in [2.05, 4.69) is 4.98 Å². The Morgan fingerprint density at radius 2 is 2.04 bits per heavy atom. The summed E-state index contributed by atoms with van der Waals surface area (Å²) in [6.45, 7) is 4.15. The molecule has 0 bridgehead atoms. The van der Waals surface area contributed by atoms with E-state index in [-0.39, 0.29) is 23.0 Å². The first-order valence-corrected chi connectivity index (χ1v) is 10.6. The van der Waals surface area contributed by atoms with E-state index in [9.17, 15) is 13.2 Å². The molecular formula is C19H25N3O3S. The molecule has 0 unspecified atom stereocenters. The lowest BCUT2D eigenvalue weighted by atomic mass is 9.97. The number of carbonyl (C=O) groups excluding carboxylic acids is 1. The highest BCUT2D eigenvalue weighted by atomic mass is 32.2. The van der Waals surface area contributed by atoms with Gasteiger partial charge in [0.25, 0.3) is 0 Å². The summed E-state index contributed by atoms with van der Waals surface area (Å²) in [6, 6.07) is 6.77. The van der Waals surface area contributed by atoms with Crippen molar-refractivity contribution in [1.29, 1.82) is 0 Å². The number of aromatic nitrogens is 2. The smallest absolute Gasteiger partial charge is 0.223 e. The molecule has 1 aromatic heterocycles. The molecule has 6 nitrogen and oxygen atoms in total. The van der Waals surface area contributed by atoms with Crippen LogP contribution in [0.3, 0.4) is 0 Å². The third-order valence-electron chi connectivity index (χ3n) is 4.86. The number of hydrogen-bond acceptors (Lipinski definition) is 4. The molecule has 0 N–H and O–H groups in total. The lowest BCUT2D eigenvalue weighted by molar-refractivity contribution is -0.132. The van der Waals surface area contributed by atoms with Gasteiger partial charge in [-0.25, -0.2) is 13.4 Å². The molecule has 0 spiro atoms. The van der Waals surface area contributed by atoms with Crippen LogP contribution in [0.15, 0.2) is 47.9 Å². The first-order valence-electron chi connectivity index (χ1n) is 8.97.